The smallest absolute Gasteiger partial charge is 0.225 e. The molecule has 0 N–H and O–H groups in total. The van der Waals surface area contributed by atoms with Crippen molar-refractivity contribution in [2.24, 2.45) is 5.92 Å². The molecule has 1 saturated heterocycles. The van der Waals surface area contributed by atoms with Gasteiger partial charge >= 0.3 is 0 Å². The van der Waals surface area contributed by atoms with E-state index in [1.807, 2.05) is 24.8 Å². The van der Waals surface area contributed by atoms with Gasteiger partial charge in [0.1, 0.15) is 11.5 Å². The molecule has 0 spiro atoms. The topological polar surface area (TPSA) is 46.3 Å². The average Bonchev–Trinajstić information content (AvgIpc) is 2.92. The van der Waals surface area contributed by atoms with E-state index in [-0.39, 0.29) is 23.7 Å². The summed E-state index contributed by atoms with van der Waals surface area (Å²) in [5.74, 6) is 0.449. The largest absolute Gasteiger partial charge is 0.356 e. The van der Waals surface area contributed by atoms with E-state index in [9.17, 15) is 9.18 Å². The van der Waals surface area contributed by atoms with Gasteiger partial charge in [0.15, 0.2) is 5.76 Å². The quantitative estimate of drug-likeness (QED) is 0.827. The number of nitrogens with zero attached hydrogens (tertiary/aromatic N) is 2. The molecule has 4 nitrogen and oxygen atoms in total. The van der Waals surface area contributed by atoms with Crippen molar-refractivity contribution in [2.45, 2.75) is 45.6 Å². The van der Waals surface area contributed by atoms with E-state index in [1.165, 1.54) is 12.1 Å². The monoisotopic (exact) mass is 330 g/mol. The Labute approximate surface area is 141 Å². The van der Waals surface area contributed by atoms with Crippen molar-refractivity contribution in [3.05, 3.63) is 41.8 Å². The number of aromatic nitrogens is 1. The minimum atomic E-state index is -0.282. The Bertz CT molecular complexity index is 694. The summed E-state index contributed by atoms with van der Waals surface area (Å²) in [7, 11) is 0. The van der Waals surface area contributed by atoms with Gasteiger partial charge in [-0.25, -0.2) is 4.39 Å². The molecule has 0 bridgehead atoms. The van der Waals surface area contributed by atoms with E-state index in [4.69, 9.17) is 4.52 Å². The van der Waals surface area contributed by atoms with Gasteiger partial charge in [0.25, 0.3) is 0 Å². The number of hydrogen-bond acceptors (Lipinski definition) is 3. The molecular weight excluding hydrogens is 307 g/mol. The maximum atomic E-state index is 13.1. The Kier molecular flexibility index (Phi) is 4.97. The van der Waals surface area contributed by atoms with E-state index in [1.54, 1.807) is 12.1 Å². The molecule has 0 unspecified atom stereocenters. The standard InChI is InChI=1S/C19H23FN2O2/c1-13(2)19(23)22-11-5-3-4-6-17(22)16-12-18(24-21-16)14-7-9-15(20)10-8-14/h7-10,12-13,17H,3-6,11H2,1-2H3/t17-/m1/s1. The van der Waals surface area contributed by atoms with Gasteiger partial charge in [-0.15, -0.1) is 0 Å². The van der Waals surface area contributed by atoms with E-state index >= 15 is 0 Å². The highest BCUT2D eigenvalue weighted by molar-refractivity contribution is 5.78. The van der Waals surface area contributed by atoms with Gasteiger partial charge in [0.05, 0.1) is 6.04 Å². The number of carbonyl (C=O) groups excluding carboxylic acids is 1. The van der Waals surface area contributed by atoms with E-state index in [2.05, 4.69) is 5.16 Å². The number of hydrogen-bond donors (Lipinski definition) is 0. The van der Waals surface area contributed by atoms with Crippen LogP contribution in [0, 0.1) is 11.7 Å². The molecule has 1 fully saturated rings. The van der Waals surface area contributed by atoms with Gasteiger partial charge in [-0.3, -0.25) is 4.79 Å². The van der Waals surface area contributed by atoms with Gasteiger partial charge in [-0.05, 0) is 37.1 Å². The molecule has 1 atom stereocenters. The van der Waals surface area contributed by atoms with Crippen LogP contribution in [0.5, 0.6) is 0 Å². The first-order valence-corrected chi connectivity index (χ1v) is 8.59. The SMILES string of the molecule is CC(C)C(=O)N1CCCCC[C@@H]1c1cc(-c2ccc(F)cc2)on1. The van der Waals surface area contributed by atoms with Crippen molar-refractivity contribution >= 4 is 5.91 Å². The zero-order valence-electron chi connectivity index (χ0n) is 14.2. The van der Waals surface area contributed by atoms with Crippen LogP contribution in [0.25, 0.3) is 11.3 Å². The van der Waals surface area contributed by atoms with Crippen molar-refractivity contribution in [3.8, 4) is 11.3 Å². The van der Waals surface area contributed by atoms with Crippen LogP contribution in [-0.2, 0) is 4.79 Å². The van der Waals surface area contributed by atoms with Crippen LogP contribution in [-0.4, -0.2) is 22.5 Å². The lowest BCUT2D eigenvalue weighted by molar-refractivity contribution is -0.137. The Hall–Kier alpha value is -2.17. The van der Waals surface area contributed by atoms with Gasteiger partial charge in [0, 0.05) is 24.1 Å². The van der Waals surface area contributed by atoms with Crippen LogP contribution in [0.15, 0.2) is 34.9 Å². The van der Waals surface area contributed by atoms with Crippen LogP contribution in [0.2, 0.25) is 0 Å². The summed E-state index contributed by atoms with van der Waals surface area (Å²) in [5.41, 5.74) is 1.57. The third-order valence-electron chi connectivity index (χ3n) is 4.53. The fraction of sp³-hybridized carbons (Fsp3) is 0.474. The first-order valence-electron chi connectivity index (χ1n) is 8.59. The lowest BCUT2D eigenvalue weighted by atomic mass is 10.0. The highest BCUT2D eigenvalue weighted by Gasteiger charge is 2.30. The highest BCUT2D eigenvalue weighted by Crippen LogP contribution is 2.33. The summed E-state index contributed by atoms with van der Waals surface area (Å²) in [4.78, 5) is 14.5. The fourth-order valence-electron chi connectivity index (χ4n) is 3.21. The van der Waals surface area contributed by atoms with E-state index in [0.29, 0.717) is 5.76 Å². The van der Waals surface area contributed by atoms with E-state index in [0.717, 1.165) is 43.5 Å². The Balaban J connectivity index is 1.88. The molecule has 1 aliphatic rings. The second-order valence-electron chi connectivity index (χ2n) is 6.67. The van der Waals surface area contributed by atoms with Gasteiger partial charge in [-0.1, -0.05) is 31.8 Å². The third kappa shape index (κ3) is 3.50. The molecular formula is C19H23FN2O2. The van der Waals surface area contributed by atoms with Crippen molar-refractivity contribution in [3.63, 3.8) is 0 Å². The van der Waals surface area contributed by atoms with Crippen LogP contribution in [0.4, 0.5) is 4.39 Å². The van der Waals surface area contributed by atoms with E-state index < -0.39 is 0 Å². The summed E-state index contributed by atoms with van der Waals surface area (Å²) in [6.45, 7) is 4.62. The number of rotatable bonds is 3. The molecule has 1 aliphatic heterocycles. The van der Waals surface area contributed by atoms with Crippen LogP contribution in [0.1, 0.15) is 51.3 Å². The summed E-state index contributed by atoms with van der Waals surface area (Å²) >= 11 is 0. The summed E-state index contributed by atoms with van der Waals surface area (Å²) in [6, 6.07) is 7.98. The highest BCUT2D eigenvalue weighted by atomic mass is 19.1. The van der Waals surface area contributed by atoms with Crippen molar-refractivity contribution in [2.75, 3.05) is 6.54 Å². The second-order valence-corrected chi connectivity index (χ2v) is 6.67. The maximum Gasteiger partial charge on any atom is 0.225 e. The molecule has 2 aromatic rings. The molecule has 1 aromatic carbocycles. The molecule has 2 heterocycles. The molecule has 24 heavy (non-hydrogen) atoms. The molecule has 0 saturated carbocycles. The Morgan fingerprint density at radius 3 is 2.71 bits per heavy atom. The minimum absolute atomic E-state index is 0.0333. The zero-order valence-corrected chi connectivity index (χ0v) is 14.2. The molecule has 0 radical (unpaired) electrons. The molecule has 3 rings (SSSR count). The van der Waals surface area contributed by atoms with Gasteiger partial charge < -0.3 is 9.42 Å². The number of amides is 1. The summed E-state index contributed by atoms with van der Waals surface area (Å²) in [5, 5.41) is 4.21. The number of likely N-dealkylation sites (tertiary alicyclic amines) is 1. The summed E-state index contributed by atoms with van der Waals surface area (Å²) < 4.78 is 18.5. The van der Waals surface area contributed by atoms with Gasteiger partial charge in [0.2, 0.25) is 5.91 Å². The molecule has 5 heteroatoms. The van der Waals surface area contributed by atoms with Crippen LogP contribution < -0.4 is 0 Å². The van der Waals surface area contributed by atoms with Crippen molar-refractivity contribution < 1.29 is 13.7 Å². The van der Waals surface area contributed by atoms with Crippen molar-refractivity contribution in [1.82, 2.24) is 10.1 Å². The van der Waals surface area contributed by atoms with Crippen LogP contribution >= 0.6 is 0 Å². The first-order chi connectivity index (χ1) is 11.6. The normalized spacial score (nSPS) is 18.7. The number of halogens is 1. The third-order valence-corrected chi connectivity index (χ3v) is 4.53. The second kappa shape index (κ2) is 7.16. The molecule has 1 aromatic heterocycles. The predicted molar refractivity (Wildman–Crippen MR) is 89.7 cm³/mol. The van der Waals surface area contributed by atoms with Gasteiger partial charge in [-0.2, -0.15) is 0 Å². The average molecular weight is 330 g/mol. The molecule has 0 aliphatic carbocycles. The number of benzene rings is 1. The lowest BCUT2D eigenvalue weighted by Gasteiger charge is -2.30. The Morgan fingerprint density at radius 2 is 2.00 bits per heavy atom. The summed E-state index contributed by atoms with van der Waals surface area (Å²) in [6.07, 6.45) is 4.12. The molecule has 128 valence electrons. The maximum absolute atomic E-state index is 13.1. The first kappa shape index (κ1) is 16.7. The predicted octanol–water partition coefficient (Wildman–Crippen LogP) is 4.58. The number of carbonyl (C=O) groups is 1. The molecule has 1 amide bonds. The minimum Gasteiger partial charge on any atom is -0.356 e. The fourth-order valence-corrected chi connectivity index (χ4v) is 3.21. The Morgan fingerprint density at radius 1 is 1.25 bits per heavy atom. The van der Waals surface area contributed by atoms with Crippen LogP contribution in [0.3, 0.4) is 0 Å². The zero-order chi connectivity index (χ0) is 17.1. The lowest BCUT2D eigenvalue weighted by Crippen LogP contribution is -2.37. The van der Waals surface area contributed by atoms with Crippen molar-refractivity contribution in [1.29, 1.82) is 0 Å².